The first-order valence-corrected chi connectivity index (χ1v) is 14.0. The van der Waals surface area contributed by atoms with E-state index in [0.717, 1.165) is 0 Å². The molecule has 12 heteroatoms. The van der Waals surface area contributed by atoms with E-state index >= 15 is 0 Å². The van der Waals surface area contributed by atoms with Crippen molar-refractivity contribution >= 4 is 39.6 Å². The highest BCUT2D eigenvalue weighted by molar-refractivity contribution is 8.00. The lowest BCUT2D eigenvalue weighted by Crippen LogP contribution is -2.53. The molecule has 2 atom stereocenters. The molecule has 4 N–H and O–H groups in total. The van der Waals surface area contributed by atoms with Gasteiger partial charge in [-0.2, -0.15) is 20.2 Å². The van der Waals surface area contributed by atoms with E-state index in [1.807, 2.05) is 47.0 Å². The number of hydrogen-bond donors (Lipinski definition) is 3. The summed E-state index contributed by atoms with van der Waals surface area (Å²) in [6.07, 6.45) is 4.04. The second kappa shape index (κ2) is 11.3. The summed E-state index contributed by atoms with van der Waals surface area (Å²) in [5.41, 5.74) is -0.575. The van der Waals surface area contributed by atoms with Gasteiger partial charge in [0.2, 0.25) is 0 Å². The smallest absolute Gasteiger partial charge is 0.277 e. The van der Waals surface area contributed by atoms with Crippen molar-refractivity contribution in [2.45, 2.75) is 95.8 Å². The zero-order valence-electron chi connectivity index (χ0n) is 22.0. The number of amides is 3. The van der Waals surface area contributed by atoms with Crippen molar-refractivity contribution in [3.8, 4) is 0 Å². The van der Waals surface area contributed by atoms with Gasteiger partial charge in [0.25, 0.3) is 27.8 Å². The molecule has 0 aromatic rings. The van der Waals surface area contributed by atoms with Gasteiger partial charge in [-0.25, -0.2) is 5.84 Å². The van der Waals surface area contributed by atoms with Gasteiger partial charge in [0.15, 0.2) is 5.25 Å². The Bertz CT molecular complexity index is 927. The van der Waals surface area contributed by atoms with E-state index in [1.165, 1.54) is 17.1 Å². The maximum Gasteiger partial charge on any atom is 0.277 e. The molecule has 35 heavy (non-hydrogen) atoms. The van der Waals surface area contributed by atoms with Gasteiger partial charge in [0.1, 0.15) is 0 Å². The topological polar surface area (TPSA) is 156 Å². The lowest BCUT2D eigenvalue weighted by atomic mass is 9.80. The largest absolute Gasteiger partial charge is 0.373 e. The lowest BCUT2D eigenvalue weighted by molar-refractivity contribution is -0.150. The van der Waals surface area contributed by atoms with E-state index in [-0.39, 0.29) is 18.4 Å². The zero-order valence-corrected chi connectivity index (χ0v) is 23.6. The van der Waals surface area contributed by atoms with Gasteiger partial charge in [0, 0.05) is 16.9 Å². The Balaban J connectivity index is 2.77. The predicted octanol–water partition coefficient (Wildman–Crippen LogP) is 2.44. The van der Waals surface area contributed by atoms with E-state index < -0.39 is 42.6 Å². The van der Waals surface area contributed by atoms with Gasteiger partial charge >= 0.3 is 0 Å². The second-order valence-electron chi connectivity index (χ2n) is 11.2. The van der Waals surface area contributed by atoms with Crippen LogP contribution in [-0.4, -0.2) is 69.1 Å². The Morgan fingerprint density at radius 1 is 1.14 bits per heavy atom. The minimum absolute atomic E-state index is 0.195. The van der Waals surface area contributed by atoms with Crippen molar-refractivity contribution in [2.24, 2.45) is 11.3 Å². The minimum atomic E-state index is -4.67. The summed E-state index contributed by atoms with van der Waals surface area (Å²) in [6.45, 7) is 14.9. The Kier molecular flexibility index (Phi) is 10.2. The molecule has 2 unspecified atom stereocenters. The summed E-state index contributed by atoms with van der Waals surface area (Å²) < 4.78 is 39.2. The number of hydrogen-bond acceptors (Lipinski definition) is 8. The van der Waals surface area contributed by atoms with Crippen LogP contribution in [0.25, 0.3) is 0 Å². The summed E-state index contributed by atoms with van der Waals surface area (Å²) in [5.74, 6) is 4.17. The van der Waals surface area contributed by atoms with Gasteiger partial charge in [-0.15, -0.1) is 0 Å². The first kappa shape index (κ1) is 31.6. The first-order chi connectivity index (χ1) is 15.7. The third-order valence-electron chi connectivity index (χ3n) is 6.35. The summed E-state index contributed by atoms with van der Waals surface area (Å²) in [5, 5.41) is -1.70. The van der Waals surface area contributed by atoms with Gasteiger partial charge in [-0.1, -0.05) is 34.6 Å². The average molecular weight is 536 g/mol. The first-order valence-electron chi connectivity index (χ1n) is 11.5. The van der Waals surface area contributed by atoms with Crippen LogP contribution in [0.3, 0.4) is 0 Å². The summed E-state index contributed by atoms with van der Waals surface area (Å²) >= 11 is 1.60. The molecule has 1 rings (SSSR count). The number of nitrogens with zero attached hydrogens (tertiary/aromatic N) is 1. The summed E-state index contributed by atoms with van der Waals surface area (Å²) in [6, 6.07) is 0. The molecule has 0 aromatic carbocycles. The minimum Gasteiger partial charge on any atom is -0.373 e. The molecule has 0 radical (unpaired) electrons. The standard InChI is InChI=1S/C23H41N3O7S2/c1-9-23(8,26-16(27)10-11-17(26)28)15-33-21(4,5)12-13-34-22(6,7)14-20(2,3)18(19(29)25-24)35(30,31)32/h10-11,18H,9,12-15,24H2,1-8H3,(H,25,29)(H,30,31,32). The van der Waals surface area contributed by atoms with Crippen molar-refractivity contribution in [1.29, 1.82) is 0 Å². The van der Waals surface area contributed by atoms with Crippen molar-refractivity contribution in [3.63, 3.8) is 0 Å². The molecule has 0 saturated heterocycles. The van der Waals surface area contributed by atoms with E-state index in [0.29, 0.717) is 25.0 Å². The molecular formula is C23H41N3O7S2. The van der Waals surface area contributed by atoms with Gasteiger partial charge in [-0.3, -0.25) is 29.3 Å². The molecule has 202 valence electrons. The van der Waals surface area contributed by atoms with E-state index in [9.17, 15) is 27.4 Å². The molecule has 1 aliphatic rings. The van der Waals surface area contributed by atoms with Crippen LogP contribution in [-0.2, 0) is 29.2 Å². The molecule has 0 fully saturated rings. The maximum absolute atomic E-state index is 12.2. The van der Waals surface area contributed by atoms with Crippen LogP contribution >= 0.6 is 11.8 Å². The van der Waals surface area contributed by atoms with Crippen molar-refractivity contribution in [3.05, 3.63) is 12.2 Å². The fraction of sp³-hybridized carbons (Fsp3) is 0.783. The van der Waals surface area contributed by atoms with E-state index in [4.69, 9.17) is 10.6 Å². The monoisotopic (exact) mass is 535 g/mol. The number of ether oxygens (including phenoxy) is 1. The number of hydrazine groups is 1. The predicted molar refractivity (Wildman–Crippen MR) is 137 cm³/mol. The molecule has 0 aliphatic carbocycles. The molecule has 1 heterocycles. The van der Waals surface area contributed by atoms with Crippen molar-refractivity contribution < 1.29 is 32.1 Å². The number of carbonyl (C=O) groups excluding carboxylic acids is 3. The van der Waals surface area contributed by atoms with Gasteiger partial charge in [0.05, 0.1) is 17.7 Å². The Hall–Kier alpha value is -1.47. The molecule has 1 aliphatic heterocycles. The third-order valence-corrected chi connectivity index (χ3v) is 9.13. The second-order valence-corrected chi connectivity index (χ2v) is 14.5. The van der Waals surface area contributed by atoms with Gasteiger partial charge in [-0.05, 0) is 51.2 Å². The van der Waals surface area contributed by atoms with Crippen molar-refractivity contribution in [2.75, 3.05) is 12.4 Å². The van der Waals surface area contributed by atoms with Crippen LogP contribution in [0.15, 0.2) is 12.2 Å². The number of rotatable bonds is 14. The zero-order chi connectivity index (χ0) is 27.5. The van der Waals surface area contributed by atoms with Gasteiger partial charge < -0.3 is 4.74 Å². The summed E-state index contributed by atoms with van der Waals surface area (Å²) in [7, 11) is -4.67. The molecular weight excluding hydrogens is 494 g/mol. The van der Waals surface area contributed by atoms with Crippen LogP contribution in [0, 0.1) is 5.41 Å². The molecule has 0 bridgehead atoms. The summed E-state index contributed by atoms with van der Waals surface area (Å²) in [4.78, 5) is 37.7. The third kappa shape index (κ3) is 8.56. The molecule has 0 aromatic heterocycles. The van der Waals surface area contributed by atoms with E-state index in [1.54, 1.807) is 25.6 Å². The van der Waals surface area contributed by atoms with Crippen LogP contribution in [0.2, 0.25) is 0 Å². The van der Waals surface area contributed by atoms with Crippen LogP contribution < -0.4 is 11.3 Å². The van der Waals surface area contributed by atoms with E-state index in [2.05, 4.69) is 0 Å². The average Bonchev–Trinajstić information content (AvgIpc) is 3.02. The molecule has 0 spiro atoms. The fourth-order valence-electron chi connectivity index (χ4n) is 4.46. The number of carbonyl (C=O) groups is 3. The normalized spacial score (nSPS) is 18.1. The van der Waals surface area contributed by atoms with Crippen molar-refractivity contribution in [1.82, 2.24) is 10.3 Å². The number of nitrogens with one attached hydrogen (secondary N) is 1. The number of imide groups is 1. The quantitative estimate of drug-likeness (QED) is 0.0999. The molecule has 0 saturated carbocycles. The lowest BCUT2D eigenvalue weighted by Gasteiger charge is -2.40. The van der Waals surface area contributed by atoms with Crippen LogP contribution in [0.5, 0.6) is 0 Å². The Morgan fingerprint density at radius 3 is 2.09 bits per heavy atom. The SMILES string of the molecule is CCC(C)(COC(C)(C)CCSC(C)(C)CC(C)(C)C(C(=O)NN)S(=O)(=O)O)N1C(=O)C=CC1=O. The molecule has 10 nitrogen and oxygen atoms in total. The number of thioether (sulfide) groups is 1. The highest BCUT2D eigenvalue weighted by Gasteiger charge is 2.47. The Labute approximate surface area is 213 Å². The number of nitrogens with two attached hydrogens (primary N) is 1. The molecule has 3 amide bonds. The van der Waals surface area contributed by atoms with Crippen LogP contribution in [0.1, 0.15) is 74.7 Å². The fourth-order valence-corrected chi connectivity index (χ4v) is 7.31. The highest BCUT2D eigenvalue weighted by atomic mass is 32.2. The highest BCUT2D eigenvalue weighted by Crippen LogP contribution is 2.42. The maximum atomic E-state index is 12.2. The Morgan fingerprint density at radius 2 is 1.66 bits per heavy atom. The van der Waals surface area contributed by atoms with Crippen LogP contribution in [0.4, 0.5) is 0 Å².